The minimum absolute atomic E-state index is 0.222. The molecule has 0 bridgehead atoms. The van der Waals surface area contributed by atoms with Gasteiger partial charge in [-0.15, -0.1) is 0 Å². The van der Waals surface area contributed by atoms with Crippen molar-refractivity contribution in [1.29, 1.82) is 0 Å². The molecule has 2 aromatic heterocycles. The van der Waals surface area contributed by atoms with E-state index in [0.717, 1.165) is 18.7 Å². The number of ether oxygens (including phenoxy) is 1. The van der Waals surface area contributed by atoms with Crippen LogP contribution in [0.2, 0.25) is 0 Å². The molecule has 1 aliphatic heterocycles. The molecule has 0 spiro atoms. The molecular weight excluding hydrogens is 346 g/mol. The highest BCUT2D eigenvalue weighted by Gasteiger charge is 2.26. The van der Waals surface area contributed by atoms with E-state index < -0.39 is 0 Å². The fourth-order valence-corrected chi connectivity index (χ4v) is 3.61. The minimum atomic E-state index is -0.373. The Hall–Kier alpha value is -2.87. The second kappa shape index (κ2) is 6.70. The Balaban J connectivity index is 1.94. The molecular formula is C19H23N5O3. The first kappa shape index (κ1) is 17.5. The molecule has 4 rings (SSSR count). The molecule has 0 saturated carbocycles. The first-order chi connectivity index (χ1) is 13.0. The van der Waals surface area contributed by atoms with Crippen molar-refractivity contribution >= 4 is 22.8 Å². The van der Waals surface area contributed by atoms with Crippen molar-refractivity contribution in [3.05, 3.63) is 50.7 Å². The second-order valence-corrected chi connectivity index (χ2v) is 6.87. The van der Waals surface area contributed by atoms with Gasteiger partial charge in [-0.25, -0.2) is 4.79 Å². The lowest BCUT2D eigenvalue weighted by atomic mass is 10.2. The monoisotopic (exact) mass is 369 g/mol. The summed E-state index contributed by atoms with van der Waals surface area (Å²) in [5.41, 5.74) is 2.43. The molecule has 0 atom stereocenters. The van der Waals surface area contributed by atoms with E-state index in [9.17, 15) is 9.59 Å². The van der Waals surface area contributed by atoms with Crippen LogP contribution in [-0.4, -0.2) is 38.9 Å². The second-order valence-electron chi connectivity index (χ2n) is 6.87. The molecule has 0 aliphatic carbocycles. The van der Waals surface area contributed by atoms with Crippen molar-refractivity contribution in [3.63, 3.8) is 0 Å². The number of fused-ring (bicyclic) bond motifs is 3. The highest BCUT2D eigenvalue weighted by molar-refractivity contribution is 5.77. The maximum absolute atomic E-state index is 13.0. The molecule has 8 heteroatoms. The van der Waals surface area contributed by atoms with Gasteiger partial charge in [-0.05, 0) is 25.5 Å². The average molecular weight is 369 g/mol. The molecule has 3 heterocycles. The van der Waals surface area contributed by atoms with Crippen LogP contribution in [0, 0.1) is 6.92 Å². The fourth-order valence-electron chi connectivity index (χ4n) is 3.61. The predicted molar refractivity (Wildman–Crippen MR) is 104 cm³/mol. The number of nitrogens with zero attached hydrogens (tertiary/aromatic N) is 5. The molecule has 1 aliphatic rings. The van der Waals surface area contributed by atoms with Crippen molar-refractivity contribution < 1.29 is 4.74 Å². The van der Waals surface area contributed by atoms with Gasteiger partial charge in [-0.2, -0.15) is 4.98 Å². The molecule has 1 aromatic carbocycles. The van der Waals surface area contributed by atoms with Crippen molar-refractivity contribution in [3.8, 4) is 0 Å². The standard InChI is InChI=1S/C19H23N5O3/c1-13-5-7-14(8-6-13)22-9-4-10-23-15-16(20-18(22)23)21(2)19(26)24(17(15)25)11-12-27-3/h5-8H,4,9-12H2,1-3H3. The SMILES string of the molecule is COCCn1c(=O)c2c(nc3n2CCCN3c2ccc(C)cc2)n(C)c1=O. The van der Waals surface area contributed by atoms with Crippen LogP contribution in [0.25, 0.3) is 11.2 Å². The average Bonchev–Trinajstić information content (AvgIpc) is 3.07. The zero-order chi connectivity index (χ0) is 19.1. The highest BCUT2D eigenvalue weighted by atomic mass is 16.5. The van der Waals surface area contributed by atoms with E-state index in [1.165, 1.54) is 14.7 Å². The van der Waals surface area contributed by atoms with Gasteiger partial charge in [0, 0.05) is 32.9 Å². The van der Waals surface area contributed by atoms with Crippen LogP contribution >= 0.6 is 0 Å². The van der Waals surface area contributed by atoms with Gasteiger partial charge in [0.05, 0.1) is 13.2 Å². The third-order valence-electron chi connectivity index (χ3n) is 5.08. The van der Waals surface area contributed by atoms with E-state index in [1.54, 1.807) is 14.2 Å². The molecule has 0 fully saturated rings. The lowest BCUT2D eigenvalue weighted by molar-refractivity contribution is 0.184. The van der Waals surface area contributed by atoms with Crippen molar-refractivity contribution in [2.45, 2.75) is 26.4 Å². The summed E-state index contributed by atoms with van der Waals surface area (Å²) in [6, 6.07) is 8.23. The number of rotatable bonds is 4. The molecule has 0 amide bonds. The Bertz CT molecular complexity index is 1110. The zero-order valence-electron chi connectivity index (χ0n) is 15.8. The molecule has 8 nitrogen and oxygen atoms in total. The van der Waals surface area contributed by atoms with Gasteiger partial charge >= 0.3 is 5.69 Å². The van der Waals surface area contributed by atoms with Crippen LogP contribution in [0.1, 0.15) is 12.0 Å². The van der Waals surface area contributed by atoms with E-state index in [2.05, 4.69) is 34.1 Å². The topological polar surface area (TPSA) is 74.3 Å². The zero-order valence-corrected chi connectivity index (χ0v) is 15.8. The summed E-state index contributed by atoms with van der Waals surface area (Å²) in [7, 11) is 3.21. The summed E-state index contributed by atoms with van der Waals surface area (Å²) < 4.78 is 9.66. The first-order valence-corrected chi connectivity index (χ1v) is 9.06. The number of aryl methyl sites for hydroxylation is 3. The van der Waals surface area contributed by atoms with Gasteiger partial charge in [0.15, 0.2) is 11.2 Å². The number of imidazole rings is 1. The van der Waals surface area contributed by atoms with E-state index in [1.807, 2.05) is 11.5 Å². The van der Waals surface area contributed by atoms with Gasteiger partial charge in [-0.3, -0.25) is 13.9 Å². The summed E-state index contributed by atoms with van der Waals surface area (Å²) in [5.74, 6) is 0.705. The third-order valence-corrected chi connectivity index (χ3v) is 5.08. The smallest absolute Gasteiger partial charge is 0.332 e. The van der Waals surface area contributed by atoms with Gasteiger partial charge in [-0.1, -0.05) is 17.7 Å². The number of hydrogen-bond acceptors (Lipinski definition) is 5. The summed E-state index contributed by atoms with van der Waals surface area (Å²) in [6.07, 6.45) is 0.896. The van der Waals surface area contributed by atoms with E-state index in [0.29, 0.717) is 30.3 Å². The normalized spacial score (nSPS) is 14.0. The quantitative estimate of drug-likeness (QED) is 0.695. The lowest BCUT2D eigenvalue weighted by Gasteiger charge is -2.29. The Labute approximate surface area is 156 Å². The molecule has 0 saturated heterocycles. The van der Waals surface area contributed by atoms with Crippen LogP contribution in [-0.2, 0) is 24.9 Å². The van der Waals surface area contributed by atoms with Crippen LogP contribution in [0.15, 0.2) is 33.9 Å². The van der Waals surface area contributed by atoms with E-state index in [4.69, 9.17) is 4.74 Å². The highest BCUT2D eigenvalue weighted by Crippen LogP contribution is 2.30. The Kier molecular flexibility index (Phi) is 4.35. The van der Waals surface area contributed by atoms with Gasteiger partial charge in [0.25, 0.3) is 5.56 Å². The minimum Gasteiger partial charge on any atom is -0.383 e. The Morgan fingerprint density at radius 3 is 2.59 bits per heavy atom. The van der Waals surface area contributed by atoms with Crippen molar-refractivity contribution in [2.75, 3.05) is 25.2 Å². The maximum atomic E-state index is 13.0. The van der Waals surface area contributed by atoms with Crippen LogP contribution in [0.5, 0.6) is 0 Å². The number of hydrogen-bond donors (Lipinski definition) is 0. The molecule has 27 heavy (non-hydrogen) atoms. The third kappa shape index (κ3) is 2.76. The van der Waals surface area contributed by atoms with Crippen molar-refractivity contribution in [1.82, 2.24) is 18.7 Å². The summed E-state index contributed by atoms with van der Waals surface area (Å²) in [5, 5.41) is 0. The molecule has 0 unspecified atom stereocenters. The van der Waals surface area contributed by atoms with Crippen LogP contribution in [0.4, 0.5) is 11.6 Å². The summed E-state index contributed by atoms with van der Waals surface area (Å²) >= 11 is 0. The number of anilines is 2. The fraction of sp³-hybridized carbons (Fsp3) is 0.421. The van der Waals surface area contributed by atoms with E-state index >= 15 is 0 Å². The van der Waals surface area contributed by atoms with E-state index in [-0.39, 0.29) is 17.8 Å². The van der Waals surface area contributed by atoms with Crippen molar-refractivity contribution in [2.24, 2.45) is 7.05 Å². The summed E-state index contributed by atoms with van der Waals surface area (Å²) in [6.45, 7) is 4.09. The van der Waals surface area contributed by atoms with Crippen LogP contribution in [0.3, 0.4) is 0 Å². The largest absolute Gasteiger partial charge is 0.383 e. The Morgan fingerprint density at radius 1 is 1.15 bits per heavy atom. The van der Waals surface area contributed by atoms with Gasteiger partial charge in [0.2, 0.25) is 5.95 Å². The first-order valence-electron chi connectivity index (χ1n) is 9.06. The molecule has 0 N–H and O–H groups in total. The molecule has 0 radical (unpaired) electrons. The summed E-state index contributed by atoms with van der Waals surface area (Å²) in [4.78, 5) is 32.4. The lowest BCUT2D eigenvalue weighted by Crippen LogP contribution is -2.40. The Morgan fingerprint density at radius 2 is 1.89 bits per heavy atom. The number of benzene rings is 1. The van der Waals surface area contributed by atoms with Gasteiger partial charge in [0.1, 0.15) is 0 Å². The van der Waals surface area contributed by atoms with Crippen LogP contribution < -0.4 is 16.1 Å². The number of methoxy groups -OCH3 is 1. The molecule has 142 valence electrons. The predicted octanol–water partition coefficient (Wildman–Crippen LogP) is 1.39. The number of aromatic nitrogens is 4. The molecule has 3 aromatic rings. The van der Waals surface area contributed by atoms with Gasteiger partial charge < -0.3 is 14.2 Å². The maximum Gasteiger partial charge on any atom is 0.332 e.